The third-order valence-electron chi connectivity index (χ3n) is 4.36. The number of ether oxygens (including phenoxy) is 1. The van der Waals surface area contributed by atoms with Gasteiger partial charge < -0.3 is 10.1 Å². The fraction of sp³-hybridized carbons (Fsp3) is 0.444. The van der Waals surface area contributed by atoms with E-state index in [1.165, 1.54) is 5.56 Å². The lowest BCUT2D eigenvalue weighted by Gasteiger charge is -2.19. The molecule has 1 aromatic heterocycles. The number of esters is 1. The van der Waals surface area contributed by atoms with E-state index >= 15 is 0 Å². The summed E-state index contributed by atoms with van der Waals surface area (Å²) in [6.07, 6.45) is 2.59. The second-order valence-corrected chi connectivity index (χ2v) is 7.18. The smallest absolute Gasteiger partial charge is 0.310 e. The normalized spacial score (nSPS) is 23.8. The van der Waals surface area contributed by atoms with Gasteiger partial charge in [0.1, 0.15) is 0 Å². The number of cyclic esters (lactones) is 1. The predicted octanol–water partition coefficient (Wildman–Crippen LogP) is 4.77. The highest BCUT2D eigenvalue weighted by Gasteiger charge is 2.45. The van der Waals surface area contributed by atoms with E-state index in [9.17, 15) is 4.79 Å². The summed E-state index contributed by atoms with van der Waals surface area (Å²) >= 11 is 1.54. The average molecular weight is 330 g/mol. The lowest BCUT2D eigenvalue weighted by atomic mass is 9.91. The molecule has 2 atom stereocenters. The molecule has 1 N–H and O–H groups in total. The Morgan fingerprint density at radius 3 is 2.96 bits per heavy atom. The Morgan fingerprint density at radius 1 is 1.43 bits per heavy atom. The van der Waals surface area contributed by atoms with E-state index in [1.807, 2.05) is 30.5 Å². The summed E-state index contributed by atoms with van der Waals surface area (Å²) in [4.78, 5) is 16.7. The van der Waals surface area contributed by atoms with E-state index in [0.29, 0.717) is 6.42 Å². The molecule has 2 heterocycles. The molecule has 4 nitrogen and oxygen atoms in total. The van der Waals surface area contributed by atoms with Crippen molar-refractivity contribution in [2.75, 3.05) is 5.32 Å². The van der Waals surface area contributed by atoms with E-state index in [2.05, 4.69) is 30.2 Å². The molecule has 0 bridgehead atoms. The third-order valence-corrected chi connectivity index (χ3v) is 5.12. The zero-order chi connectivity index (χ0) is 16.4. The largest absolute Gasteiger partial charge is 0.453 e. The van der Waals surface area contributed by atoms with Crippen LogP contribution in [0.1, 0.15) is 44.4 Å². The van der Waals surface area contributed by atoms with Crippen molar-refractivity contribution < 1.29 is 9.53 Å². The molecule has 122 valence electrons. The number of nitrogens with zero attached hydrogens (tertiary/aromatic N) is 1. The van der Waals surface area contributed by atoms with E-state index in [4.69, 9.17) is 4.74 Å². The molecule has 0 saturated carbocycles. The number of hydrogen-bond acceptors (Lipinski definition) is 5. The molecule has 23 heavy (non-hydrogen) atoms. The van der Waals surface area contributed by atoms with Gasteiger partial charge in [0.15, 0.2) is 10.7 Å². The highest BCUT2D eigenvalue weighted by Crippen LogP contribution is 2.42. The van der Waals surface area contributed by atoms with E-state index < -0.39 is 5.60 Å². The minimum Gasteiger partial charge on any atom is -0.453 e. The Morgan fingerprint density at radius 2 is 2.22 bits per heavy atom. The van der Waals surface area contributed by atoms with Crippen molar-refractivity contribution in [1.82, 2.24) is 4.98 Å². The van der Waals surface area contributed by atoms with Crippen molar-refractivity contribution in [3.05, 3.63) is 40.9 Å². The van der Waals surface area contributed by atoms with Crippen LogP contribution < -0.4 is 5.32 Å². The maximum Gasteiger partial charge on any atom is 0.310 e. The van der Waals surface area contributed by atoms with Crippen molar-refractivity contribution in [3.8, 4) is 0 Å². The van der Waals surface area contributed by atoms with Gasteiger partial charge in [-0.25, -0.2) is 4.98 Å². The first-order valence-electron chi connectivity index (χ1n) is 8.03. The summed E-state index contributed by atoms with van der Waals surface area (Å²) in [6.45, 7) is 6.12. The minimum atomic E-state index is -0.598. The van der Waals surface area contributed by atoms with Crippen molar-refractivity contribution >= 4 is 28.1 Å². The average Bonchev–Trinajstić information content (AvgIpc) is 3.08. The zero-order valence-corrected chi connectivity index (χ0v) is 14.6. The zero-order valence-electron chi connectivity index (χ0n) is 13.8. The number of aromatic nitrogens is 1. The van der Waals surface area contributed by atoms with Crippen LogP contribution in [-0.2, 0) is 15.1 Å². The highest BCUT2D eigenvalue weighted by molar-refractivity contribution is 7.13. The Bertz CT molecular complexity index is 713. The highest BCUT2D eigenvalue weighted by atomic mass is 32.1. The summed E-state index contributed by atoms with van der Waals surface area (Å²) in [7, 11) is 0. The molecular weight excluding hydrogens is 308 g/mol. The van der Waals surface area contributed by atoms with E-state index in [-0.39, 0.29) is 11.9 Å². The summed E-state index contributed by atoms with van der Waals surface area (Å²) in [5.74, 6) is -0.0877. The summed E-state index contributed by atoms with van der Waals surface area (Å²) in [5.41, 5.74) is 2.46. The van der Waals surface area contributed by atoms with Crippen LogP contribution in [0, 0.1) is 12.8 Å². The first kappa shape index (κ1) is 16.0. The molecule has 5 heteroatoms. The van der Waals surface area contributed by atoms with Gasteiger partial charge >= 0.3 is 5.97 Å². The number of para-hydroxylation sites is 1. The first-order valence-corrected chi connectivity index (χ1v) is 8.91. The van der Waals surface area contributed by atoms with Gasteiger partial charge in [0.25, 0.3) is 0 Å². The van der Waals surface area contributed by atoms with Crippen LogP contribution in [0.3, 0.4) is 0 Å². The fourth-order valence-corrected chi connectivity index (χ4v) is 3.87. The molecule has 1 aromatic carbocycles. The fourth-order valence-electron chi connectivity index (χ4n) is 3.03. The predicted molar refractivity (Wildman–Crippen MR) is 93.0 cm³/mol. The Hall–Kier alpha value is -1.88. The van der Waals surface area contributed by atoms with Gasteiger partial charge in [0, 0.05) is 17.5 Å². The molecule has 0 amide bonds. The van der Waals surface area contributed by atoms with Gasteiger partial charge in [-0.3, -0.25) is 4.79 Å². The lowest BCUT2D eigenvalue weighted by molar-refractivity contribution is -0.150. The molecule has 0 radical (unpaired) electrons. The van der Waals surface area contributed by atoms with E-state index in [1.54, 1.807) is 11.3 Å². The molecule has 1 aliphatic heterocycles. The van der Waals surface area contributed by atoms with Gasteiger partial charge in [-0.2, -0.15) is 0 Å². The topological polar surface area (TPSA) is 51.2 Å². The molecule has 0 spiro atoms. The van der Waals surface area contributed by atoms with Gasteiger partial charge in [0.2, 0.25) is 0 Å². The number of rotatable bonds is 5. The first-order chi connectivity index (χ1) is 11.0. The van der Waals surface area contributed by atoms with Gasteiger partial charge in [-0.05, 0) is 31.9 Å². The van der Waals surface area contributed by atoms with Crippen molar-refractivity contribution in [2.45, 2.75) is 45.6 Å². The van der Waals surface area contributed by atoms with Crippen LogP contribution in [0.5, 0.6) is 0 Å². The second kappa shape index (κ2) is 6.32. The summed E-state index contributed by atoms with van der Waals surface area (Å²) in [6, 6.07) is 8.11. The number of anilines is 2. The second-order valence-electron chi connectivity index (χ2n) is 6.32. The molecule has 1 saturated heterocycles. The number of carbonyl (C=O) groups excluding carboxylic acids is 1. The molecular formula is C18H22N2O2S. The number of carbonyl (C=O) groups is 1. The summed E-state index contributed by atoms with van der Waals surface area (Å²) < 4.78 is 5.66. The molecule has 2 aromatic rings. The van der Waals surface area contributed by atoms with E-state index in [0.717, 1.165) is 29.4 Å². The Kier molecular flexibility index (Phi) is 4.39. The summed E-state index contributed by atoms with van der Waals surface area (Å²) in [5, 5.41) is 6.16. The minimum absolute atomic E-state index is 0.000484. The van der Waals surface area contributed by atoms with Crippen LogP contribution in [0.2, 0.25) is 0 Å². The van der Waals surface area contributed by atoms with Crippen LogP contribution >= 0.6 is 11.3 Å². The number of hydrogen-bond donors (Lipinski definition) is 1. The maximum atomic E-state index is 12.0. The van der Waals surface area contributed by atoms with Crippen LogP contribution in [0.25, 0.3) is 0 Å². The monoisotopic (exact) mass is 330 g/mol. The van der Waals surface area contributed by atoms with Crippen molar-refractivity contribution in [1.29, 1.82) is 0 Å². The standard InChI is InChI=1S/C18H22N2O2S/c1-4-7-13-10-18(3,22-16(13)21)15-11-23-17(20-15)19-14-9-6-5-8-12(14)2/h5-6,8-9,11,13H,4,7,10H2,1-3H3,(H,19,20)/t13-,18+/m0/s1. The number of thiazole rings is 1. The third kappa shape index (κ3) is 3.24. The number of benzene rings is 1. The molecule has 0 aliphatic carbocycles. The quantitative estimate of drug-likeness (QED) is 0.802. The SMILES string of the molecule is CCC[C@H]1C[C@](C)(c2csc(Nc3ccccc3C)n2)OC1=O. The number of aryl methyl sites for hydroxylation is 1. The van der Waals surface area contributed by atoms with Gasteiger partial charge in [-0.1, -0.05) is 31.5 Å². The van der Waals surface area contributed by atoms with Crippen molar-refractivity contribution in [3.63, 3.8) is 0 Å². The van der Waals surface area contributed by atoms with Crippen LogP contribution in [-0.4, -0.2) is 11.0 Å². The van der Waals surface area contributed by atoms with Crippen LogP contribution in [0.15, 0.2) is 29.6 Å². The lowest BCUT2D eigenvalue weighted by Crippen LogP contribution is -2.21. The molecule has 1 aliphatic rings. The Labute approximate surface area is 140 Å². The molecule has 0 unspecified atom stereocenters. The molecule has 1 fully saturated rings. The Balaban J connectivity index is 1.77. The van der Waals surface area contributed by atoms with Gasteiger partial charge in [0.05, 0.1) is 11.6 Å². The number of nitrogens with one attached hydrogen (secondary N) is 1. The maximum absolute atomic E-state index is 12.0. The van der Waals surface area contributed by atoms with Crippen LogP contribution in [0.4, 0.5) is 10.8 Å². The molecule has 3 rings (SSSR count). The van der Waals surface area contributed by atoms with Crippen molar-refractivity contribution in [2.24, 2.45) is 5.92 Å². The van der Waals surface area contributed by atoms with Gasteiger partial charge in [-0.15, -0.1) is 11.3 Å².